The molecule has 4 unspecified atom stereocenters. The molecule has 4 aliphatic heterocycles. The van der Waals surface area contributed by atoms with Gasteiger partial charge in [-0.15, -0.1) is 0 Å². The highest BCUT2D eigenvalue weighted by Crippen LogP contribution is 2.50. The Kier molecular flexibility index (Phi) is 7.72. The highest BCUT2D eigenvalue weighted by Gasteiger charge is 2.58. The SMILES string of the molecule is COCCc1noc(C2=CCC3CCC2(OC(=O)C(=O)OC24CCC(CC=C2c2nc(CCOC)no2)N4C)N3C)n1. The Hall–Kier alpha value is -3.46. The lowest BCUT2D eigenvalue weighted by Gasteiger charge is -2.42. The van der Waals surface area contributed by atoms with Crippen molar-refractivity contribution in [3.63, 3.8) is 0 Å². The second kappa shape index (κ2) is 11.3. The van der Waals surface area contributed by atoms with Crippen LogP contribution in [0.4, 0.5) is 0 Å². The van der Waals surface area contributed by atoms with Gasteiger partial charge in [-0.3, -0.25) is 9.80 Å². The molecule has 4 bridgehead atoms. The van der Waals surface area contributed by atoms with Crippen LogP contribution in [0.2, 0.25) is 0 Å². The second-order valence-corrected chi connectivity index (χ2v) is 11.2. The highest BCUT2D eigenvalue weighted by molar-refractivity contribution is 6.30. The Morgan fingerprint density at radius 1 is 0.810 bits per heavy atom. The van der Waals surface area contributed by atoms with Crippen LogP contribution < -0.4 is 0 Å². The Morgan fingerprint density at radius 2 is 1.24 bits per heavy atom. The molecule has 14 heteroatoms. The fraction of sp³-hybridized carbons (Fsp3) is 0.643. The average Bonchev–Trinajstić information content (AvgIpc) is 3.72. The molecule has 0 saturated carbocycles. The monoisotopic (exact) mass is 584 g/mol. The lowest BCUT2D eigenvalue weighted by atomic mass is 9.97. The van der Waals surface area contributed by atoms with Crippen LogP contribution in [-0.2, 0) is 41.4 Å². The van der Waals surface area contributed by atoms with Gasteiger partial charge in [-0.25, -0.2) is 9.59 Å². The standard InChI is InChI=1S/C28H36N6O8/c1-33-17-5-7-19(23-29-21(31-41-23)11-15-37-3)27(33,13-9-17)39-25(35)26(36)40-28-14-10-18(34(28)2)6-8-20(28)24-30-22(32-42-24)12-16-38-4/h7-8,17-18H,5-6,9-16H2,1-4H3. The topological polar surface area (TPSA) is 155 Å². The van der Waals surface area contributed by atoms with Gasteiger partial charge in [0.25, 0.3) is 11.8 Å². The van der Waals surface area contributed by atoms with E-state index < -0.39 is 23.4 Å². The third-order valence-electron chi connectivity index (χ3n) is 9.04. The van der Waals surface area contributed by atoms with Crippen molar-refractivity contribution in [2.45, 2.75) is 74.9 Å². The van der Waals surface area contributed by atoms with E-state index in [1.165, 1.54) is 0 Å². The molecule has 0 aliphatic carbocycles. The number of hydrogen-bond donors (Lipinski definition) is 0. The fourth-order valence-corrected chi connectivity index (χ4v) is 6.65. The first-order valence-corrected chi connectivity index (χ1v) is 14.3. The van der Waals surface area contributed by atoms with Gasteiger partial charge in [0, 0.05) is 52.0 Å². The van der Waals surface area contributed by atoms with Gasteiger partial charge in [0.2, 0.25) is 0 Å². The Morgan fingerprint density at radius 3 is 1.64 bits per heavy atom. The number of rotatable bonds is 10. The predicted octanol–water partition coefficient (Wildman–Crippen LogP) is 1.77. The Labute approximate surface area is 243 Å². The molecule has 4 aliphatic rings. The van der Waals surface area contributed by atoms with Crippen molar-refractivity contribution in [1.29, 1.82) is 0 Å². The molecule has 2 aromatic heterocycles. The van der Waals surface area contributed by atoms with Crippen molar-refractivity contribution in [2.24, 2.45) is 0 Å². The Balaban J connectivity index is 1.24. The lowest BCUT2D eigenvalue weighted by Crippen LogP contribution is -2.54. The van der Waals surface area contributed by atoms with Crippen molar-refractivity contribution in [2.75, 3.05) is 41.5 Å². The van der Waals surface area contributed by atoms with Gasteiger partial charge < -0.3 is 28.0 Å². The van der Waals surface area contributed by atoms with Crippen molar-refractivity contribution >= 4 is 23.1 Å². The van der Waals surface area contributed by atoms with Crippen LogP contribution in [0.5, 0.6) is 0 Å². The minimum Gasteiger partial charge on any atom is -0.431 e. The number of nitrogens with zero attached hydrogens (tertiary/aromatic N) is 6. The normalized spacial score (nSPS) is 29.0. The molecule has 4 atom stereocenters. The molecular formula is C28H36N6O8. The number of carbonyl (C=O) groups excluding carboxylic acids is 2. The van der Waals surface area contributed by atoms with E-state index in [4.69, 9.17) is 28.0 Å². The van der Waals surface area contributed by atoms with E-state index in [1.807, 2.05) is 36.0 Å². The molecule has 42 heavy (non-hydrogen) atoms. The minimum absolute atomic E-state index is 0.145. The van der Waals surface area contributed by atoms with E-state index in [9.17, 15) is 9.59 Å². The first kappa shape index (κ1) is 28.6. The van der Waals surface area contributed by atoms with E-state index in [-0.39, 0.29) is 23.9 Å². The highest BCUT2D eigenvalue weighted by atomic mass is 16.6. The first-order valence-electron chi connectivity index (χ1n) is 14.3. The van der Waals surface area contributed by atoms with E-state index in [0.717, 1.165) is 25.7 Å². The molecule has 6 rings (SSSR count). The van der Waals surface area contributed by atoms with Crippen LogP contribution in [0.25, 0.3) is 11.1 Å². The van der Waals surface area contributed by atoms with Gasteiger partial charge in [0.05, 0.1) is 24.4 Å². The number of likely N-dealkylation sites (N-methyl/N-ethyl adjacent to an activating group) is 2. The first-order chi connectivity index (χ1) is 20.3. The molecule has 2 fully saturated rings. The quantitative estimate of drug-likeness (QED) is 0.294. The number of carbonyl (C=O) groups is 2. The number of hydrogen-bond acceptors (Lipinski definition) is 14. The third-order valence-corrected chi connectivity index (χ3v) is 9.04. The molecule has 0 N–H and O–H groups in total. The number of ether oxygens (including phenoxy) is 4. The molecule has 0 aromatic carbocycles. The molecule has 2 aromatic rings. The fourth-order valence-electron chi connectivity index (χ4n) is 6.65. The molecule has 2 saturated heterocycles. The summed E-state index contributed by atoms with van der Waals surface area (Å²) in [5.41, 5.74) is -1.33. The third kappa shape index (κ3) is 4.75. The van der Waals surface area contributed by atoms with Crippen molar-refractivity contribution in [3.05, 3.63) is 35.6 Å². The van der Waals surface area contributed by atoms with Crippen molar-refractivity contribution in [1.82, 2.24) is 30.1 Å². The minimum atomic E-state index is -1.24. The van der Waals surface area contributed by atoms with Gasteiger partial charge in [-0.2, -0.15) is 9.97 Å². The second-order valence-electron chi connectivity index (χ2n) is 11.2. The summed E-state index contributed by atoms with van der Waals surface area (Å²) in [5.74, 6) is -0.724. The molecule has 0 spiro atoms. The number of esters is 2. The van der Waals surface area contributed by atoms with Crippen molar-refractivity contribution in [3.8, 4) is 0 Å². The maximum atomic E-state index is 13.5. The van der Waals surface area contributed by atoms with E-state index in [2.05, 4.69) is 20.3 Å². The van der Waals surface area contributed by atoms with Crippen LogP contribution >= 0.6 is 0 Å². The lowest BCUT2D eigenvalue weighted by molar-refractivity contribution is -0.193. The summed E-state index contributed by atoms with van der Waals surface area (Å²) in [4.78, 5) is 40.0. The van der Waals surface area contributed by atoms with Crippen LogP contribution in [0.15, 0.2) is 21.2 Å². The zero-order valence-electron chi connectivity index (χ0n) is 24.3. The van der Waals surface area contributed by atoms with Gasteiger partial charge in [-0.1, -0.05) is 22.5 Å². The maximum Gasteiger partial charge on any atom is 0.419 e. The van der Waals surface area contributed by atoms with Gasteiger partial charge in [0.1, 0.15) is 0 Å². The van der Waals surface area contributed by atoms with Gasteiger partial charge >= 0.3 is 11.9 Å². The van der Waals surface area contributed by atoms with Gasteiger partial charge in [0.15, 0.2) is 23.1 Å². The largest absolute Gasteiger partial charge is 0.431 e. The van der Waals surface area contributed by atoms with Crippen LogP contribution in [0, 0.1) is 0 Å². The zero-order chi connectivity index (χ0) is 29.5. The van der Waals surface area contributed by atoms with E-state index >= 15 is 0 Å². The smallest absolute Gasteiger partial charge is 0.419 e. The van der Waals surface area contributed by atoms with Crippen LogP contribution in [0.3, 0.4) is 0 Å². The maximum absolute atomic E-state index is 13.5. The summed E-state index contributed by atoms with van der Waals surface area (Å²) in [7, 11) is 6.95. The molecular weight excluding hydrogens is 548 g/mol. The average molecular weight is 585 g/mol. The van der Waals surface area contributed by atoms with Gasteiger partial charge in [-0.05, 0) is 39.8 Å². The summed E-state index contributed by atoms with van der Waals surface area (Å²) < 4.78 is 33.5. The van der Waals surface area contributed by atoms with Crippen LogP contribution in [0.1, 0.15) is 62.0 Å². The summed E-state index contributed by atoms with van der Waals surface area (Å²) in [5, 5.41) is 8.10. The van der Waals surface area contributed by atoms with E-state index in [1.54, 1.807) is 14.2 Å². The number of aromatic nitrogens is 4. The molecule has 226 valence electrons. The predicted molar refractivity (Wildman–Crippen MR) is 144 cm³/mol. The Bertz CT molecular complexity index is 1300. The summed E-state index contributed by atoms with van der Waals surface area (Å²) in [6, 6.07) is 0.290. The van der Waals surface area contributed by atoms with Crippen LogP contribution in [-0.4, -0.2) is 107 Å². The van der Waals surface area contributed by atoms with Crippen molar-refractivity contribution < 1.29 is 37.6 Å². The summed E-state index contributed by atoms with van der Waals surface area (Å²) >= 11 is 0. The zero-order valence-corrected chi connectivity index (χ0v) is 24.3. The molecule has 6 heterocycles. The summed E-state index contributed by atoms with van der Waals surface area (Å²) in [6.45, 7) is 0.884. The number of fused-ring (bicyclic) bond motifs is 4. The number of methoxy groups -OCH3 is 2. The molecule has 14 nitrogen and oxygen atoms in total. The summed E-state index contributed by atoms with van der Waals surface area (Å²) in [6.07, 6.45) is 8.81. The van der Waals surface area contributed by atoms with E-state index in [0.29, 0.717) is 61.7 Å². The molecule has 0 radical (unpaired) electrons. The molecule has 0 amide bonds.